The van der Waals surface area contributed by atoms with Crippen molar-refractivity contribution in [1.29, 1.82) is 0 Å². The molecule has 27 heavy (non-hydrogen) atoms. The summed E-state index contributed by atoms with van der Waals surface area (Å²) in [5.41, 5.74) is 6.49. The fraction of sp³-hybridized carbons (Fsp3) is 0.682. The number of aliphatic hydroxyl groups excluding tert-OH is 1. The smallest absolute Gasteiger partial charge is 0.327 e. The van der Waals surface area contributed by atoms with E-state index in [0.717, 1.165) is 5.56 Å². The first-order valence-corrected chi connectivity index (χ1v) is 10.2. The minimum absolute atomic E-state index is 0.128. The molecule has 0 heterocycles. The number of hydrogen-bond donors (Lipinski definition) is 3. The van der Waals surface area contributed by atoms with Crippen molar-refractivity contribution in [3.05, 3.63) is 35.9 Å². The molecule has 1 aliphatic rings. The molecule has 0 radical (unpaired) electrons. The first-order valence-electron chi connectivity index (χ1n) is 10.2. The molecular weight excluding hydrogens is 340 g/mol. The maximum absolute atomic E-state index is 11.4. The molecule has 5 heteroatoms. The Kier molecular flexibility index (Phi) is 11.3. The number of benzene rings is 1. The number of ether oxygens (including phenoxy) is 1. The molecule has 2 rings (SSSR count). The molecule has 1 saturated carbocycles. The molecule has 1 aromatic carbocycles. The van der Waals surface area contributed by atoms with Crippen molar-refractivity contribution in [2.45, 2.75) is 84.0 Å². The fourth-order valence-electron chi connectivity index (χ4n) is 3.40. The second kappa shape index (κ2) is 12.9. The van der Waals surface area contributed by atoms with Crippen LogP contribution < -0.4 is 11.1 Å². The van der Waals surface area contributed by atoms with Gasteiger partial charge in [0.2, 0.25) is 0 Å². The second-order valence-electron chi connectivity index (χ2n) is 7.88. The number of esters is 1. The number of hydrogen-bond acceptors (Lipinski definition) is 5. The van der Waals surface area contributed by atoms with Gasteiger partial charge in [0.1, 0.15) is 6.04 Å². The Labute approximate surface area is 164 Å². The van der Waals surface area contributed by atoms with E-state index in [9.17, 15) is 9.90 Å². The Hall–Kier alpha value is -1.43. The summed E-state index contributed by atoms with van der Waals surface area (Å²) in [6.45, 7) is 8.19. The van der Waals surface area contributed by atoms with Crippen molar-refractivity contribution >= 4 is 5.97 Å². The molecule has 0 saturated heterocycles. The standard InChI is InChI=1S/C11H15NO2.C11H23NO/c1-8(2)14-11(13)10(12)9-6-4-3-5-7-9;1-9(2)12-11(8-13)10-6-4-3-5-7-10/h3-8,10H,12H2,1-2H3;9-13H,3-8H2,1-2H3. The lowest BCUT2D eigenvalue weighted by Gasteiger charge is -2.31. The lowest BCUT2D eigenvalue weighted by Crippen LogP contribution is -2.43. The Morgan fingerprint density at radius 2 is 1.74 bits per heavy atom. The van der Waals surface area contributed by atoms with Crippen LogP contribution in [-0.2, 0) is 9.53 Å². The largest absolute Gasteiger partial charge is 0.462 e. The van der Waals surface area contributed by atoms with E-state index in [1.807, 2.05) is 30.3 Å². The van der Waals surface area contributed by atoms with Gasteiger partial charge in [0, 0.05) is 12.1 Å². The highest BCUT2D eigenvalue weighted by Gasteiger charge is 2.23. The summed E-state index contributed by atoms with van der Waals surface area (Å²) in [4.78, 5) is 11.4. The van der Waals surface area contributed by atoms with Crippen molar-refractivity contribution in [3.8, 4) is 0 Å². The van der Waals surface area contributed by atoms with Gasteiger partial charge in [-0.05, 0) is 38.2 Å². The summed E-state index contributed by atoms with van der Waals surface area (Å²) < 4.78 is 5.00. The van der Waals surface area contributed by atoms with Crippen molar-refractivity contribution in [2.24, 2.45) is 11.7 Å². The van der Waals surface area contributed by atoms with E-state index in [4.69, 9.17) is 10.5 Å². The molecule has 0 aromatic heterocycles. The van der Waals surface area contributed by atoms with E-state index in [1.165, 1.54) is 32.1 Å². The van der Waals surface area contributed by atoms with Gasteiger partial charge in [-0.2, -0.15) is 0 Å². The molecular formula is C22H38N2O3. The molecule has 1 fully saturated rings. The lowest BCUT2D eigenvalue weighted by molar-refractivity contribution is -0.149. The number of carbonyl (C=O) groups is 1. The van der Waals surface area contributed by atoms with E-state index in [2.05, 4.69) is 19.2 Å². The third-order valence-electron chi connectivity index (χ3n) is 4.73. The summed E-state index contributed by atoms with van der Waals surface area (Å²) in [6.07, 6.45) is 6.55. The third-order valence-corrected chi connectivity index (χ3v) is 4.73. The second-order valence-corrected chi connectivity index (χ2v) is 7.88. The molecule has 0 spiro atoms. The Morgan fingerprint density at radius 3 is 2.22 bits per heavy atom. The van der Waals surface area contributed by atoms with Crippen LogP contribution in [0.5, 0.6) is 0 Å². The van der Waals surface area contributed by atoms with Gasteiger partial charge in [-0.3, -0.25) is 0 Å². The van der Waals surface area contributed by atoms with Crippen molar-refractivity contribution in [3.63, 3.8) is 0 Å². The van der Waals surface area contributed by atoms with Crippen molar-refractivity contribution in [1.82, 2.24) is 5.32 Å². The average molecular weight is 379 g/mol. The van der Waals surface area contributed by atoms with Crippen LogP contribution in [0, 0.1) is 5.92 Å². The van der Waals surface area contributed by atoms with Crippen LogP contribution in [0.2, 0.25) is 0 Å². The fourth-order valence-corrected chi connectivity index (χ4v) is 3.40. The zero-order valence-corrected chi connectivity index (χ0v) is 17.4. The summed E-state index contributed by atoms with van der Waals surface area (Å²) in [5.74, 6) is 0.326. The third kappa shape index (κ3) is 9.36. The maximum Gasteiger partial charge on any atom is 0.327 e. The van der Waals surface area contributed by atoms with Gasteiger partial charge in [-0.25, -0.2) is 4.79 Å². The molecule has 0 bridgehead atoms. The van der Waals surface area contributed by atoms with E-state index in [-0.39, 0.29) is 12.1 Å². The summed E-state index contributed by atoms with van der Waals surface area (Å²) in [6, 6.07) is 9.33. The van der Waals surface area contributed by atoms with Gasteiger partial charge < -0.3 is 20.9 Å². The average Bonchev–Trinajstić information content (AvgIpc) is 2.66. The van der Waals surface area contributed by atoms with Crippen molar-refractivity contribution < 1.29 is 14.6 Å². The SMILES string of the molecule is CC(C)NC(CO)C1CCCCC1.CC(C)OC(=O)C(N)c1ccccc1. The lowest BCUT2D eigenvalue weighted by atomic mass is 9.84. The molecule has 1 aromatic rings. The first kappa shape index (κ1) is 23.6. The maximum atomic E-state index is 11.4. The number of aliphatic hydroxyl groups is 1. The van der Waals surface area contributed by atoms with Crippen LogP contribution in [0.1, 0.15) is 71.4 Å². The molecule has 4 N–H and O–H groups in total. The molecule has 2 unspecified atom stereocenters. The Bertz CT molecular complexity index is 514. The van der Waals surface area contributed by atoms with Crippen LogP contribution >= 0.6 is 0 Å². The van der Waals surface area contributed by atoms with Crippen LogP contribution in [0.25, 0.3) is 0 Å². The van der Waals surface area contributed by atoms with E-state index in [1.54, 1.807) is 13.8 Å². The number of nitrogens with one attached hydrogen (secondary N) is 1. The predicted molar refractivity (Wildman–Crippen MR) is 110 cm³/mol. The molecule has 0 aliphatic heterocycles. The highest BCUT2D eigenvalue weighted by Crippen LogP contribution is 2.26. The van der Waals surface area contributed by atoms with E-state index < -0.39 is 6.04 Å². The van der Waals surface area contributed by atoms with Gasteiger partial charge in [-0.15, -0.1) is 0 Å². The van der Waals surface area contributed by atoms with Gasteiger partial charge in [-0.1, -0.05) is 63.4 Å². The van der Waals surface area contributed by atoms with Gasteiger partial charge in [0.25, 0.3) is 0 Å². The van der Waals surface area contributed by atoms with E-state index >= 15 is 0 Å². The Morgan fingerprint density at radius 1 is 1.15 bits per heavy atom. The zero-order valence-electron chi connectivity index (χ0n) is 17.4. The minimum Gasteiger partial charge on any atom is -0.462 e. The molecule has 1 aliphatic carbocycles. The van der Waals surface area contributed by atoms with E-state index in [0.29, 0.717) is 24.6 Å². The number of rotatable bonds is 7. The number of nitrogens with two attached hydrogens (primary N) is 1. The first-order chi connectivity index (χ1) is 12.8. The molecule has 5 nitrogen and oxygen atoms in total. The predicted octanol–water partition coefficient (Wildman–Crippen LogP) is 3.56. The summed E-state index contributed by atoms with van der Waals surface area (Å²) in [7, 11) is 0. The van der Waals surface area contributed by atoms with Gasteiger partial charge in [0.05, 0.1) is 12.7 Å². The van der Waals surface area contributed by atoms with Crippen LogP contribution in [-0.4, -0.2) is 35.9 Å². The van der Waals surface area contributed by atoms with Crippen LogP contribution in [0.4, 0.5) is 0 Å². The molecule has 154 valence electrons. The summed E-state index contributed by atoms with van der Waals surface area (Å²) >= 11 is 0. The van der Waals surface area contributed by atoms with Crippen LogP contribution in [0.3, 0.4) is 0 Å². The van der Waals surface area contributed by atoms with Gasteiger partial charge >= 0.3 is 5.97 Å². The summed E-state index contributed by atoms with van der Waals surface area (Å²) in [5, 5.41) is 12.7. The van der Waals surface area contributed by atoms with Crippen molar-refractivity contribution in [2.75, 3.05) is 6.61 Å². The normalized spacial score (nSPS) is 17.2. The highest BCUT2D eigenvalue weighted by molar-refractivity contribution is 5.77. The zero-order chi connectivity index (χ0) is 20.2. The van der Waals surface area contributed by atoms with Gasteiger partial charge in [0.15, 0.2) is 0 Å². The highest BCUT2D eigenvalue weighted by atomic mass is 16.5. The topological polar surface area (TPSA) is 84.6 Å². The molecule has 2 atom stereocenters. The minimum atomic E-state index is -0.682. The Balaban J connectivity index is 0.000000271. The molecule has 0 amide bonds. The monoisotopic (exact) mass is 378 g/mol. The number of carbonyl (C=O) groups excluding carboxylic acids is 1. The van der Waals surface area contributed by atoms with Crippen LogP contribution in [0.15, 0.2) is 30.3 Å². The quantitative estimate of drug-likeness (QED) is 0.632.